The third-order valence-corrected chi connectivity index (χ3v) is 5.49. The van der Waals surface area contributed by atoms with E-state index in [1.165, 1.54) is 12.5 Å². The molecule has 0 saturated heterocycles. The lowest BCUT2D eigenvalue weighted by Crippen LogP contribution is -2.19. The van der Waals surface area contributed by atoms with Crippen molar-refractivity contribution in [2.75, 3.05) is 28.2 Å². The van der Waals surface area contributed by atoms with Crippen molar-refractivity contribution in [3.63, 3.8) is 0 Å². The lowest BCUT2D eigenvalue weighted by atomic mass is 10.2. The summed E-state index contributed by atoms with van der Waals surface area (Å²) in [7, 11) is -2.16. The molecule has 0 unspecified atom stereocenters. The van der Waals surface area contributed by atoms with Crippen LogP contribution in [0.1, 0.15) is 23.7 Å². The summed E-state index contributed by atoms with van der Waals surface area (Å²) in [5.74, 6) is -2.90. The molecule has 154 valence electrons. The average Bonchev–Trinajstić information content (AvgIpc) is 3.11. The Hall–Kier alpha value is -3.28. The quantitative estimate of drug-likeness (QED) is 0.462. The van der Waals surface area contributed by atoms with E-state index in [9.17, 15) is 22.0 Å². The molecular weight excluding hydrogens is 406 g/mol. The van der Waals surface area contributed by atoms with Crippen LogP contribution in [0.3, 0.4) is 0 Å². The first-order valence-corrected chi connectivity index (χ1v) is 10.2. The number of hydrogen-bond acceptors (Lipinski definition) is 6. The van der Waals surface area contributed by atoms with E-state index in [1.807, 2.05) is 0 Å². The maximum absolute atomic E-state index is 14.7. The van der Waals surface area contributed by atoms with Gasteiger partial charge >= 0.3 is 0 Å². The molecule has 9 nitrogen and oxygen atoms in total. The van der Waals surface area contributed by atoms with Gasteiger partial charge in [0, 0.05) is 13.2 Å². The predicted octanol–water partition coefficient (Wildman–Crippen LogP) is 2.68. The SMILES string of the molecule is CCCS(=O)(=O)Nc1ccc(F)c(NC(=O)c2c[nH]c3c(NC)ncnc23)c1F. The maximum atomic E-state index is 14.7. The number of fused-ring (bicyclic) bond motifs is 1. The van der Waals surface area contributed by atoms with Gasteiger partial charge < -0.3 is 15.6 Å². The molecule has 4 N–H and O–H groups in total. The Morgan fingerprint density at radius 2 is 2.00 bits per heavy atom. The largest absolute Gasteiger partial charge is 0.371 e. The minimum atomic E-state index is -3.80. The molecule has 0 radical (unpaired) electrons. The highest BCUT2D eigenvalue weighted by atomic mass is 32.2. The number of anilines is 3. The van der Waals surface area contributed by atoms with Crippen molar-refractivity contribution in [3.05, 3.63) is 41.9 Å². The lowest BCUT2D eigenvalue weighted by Gasteiger charge is -2.12. The first kappa shape index (κ1) is 20.5. The molecule has 2 heterocycles. The molecular formula is C17H18F2N6O3S. The average molecular weight is 424 g/mol. The van der Waals surface area contributed by atoms with Gasteiger partial charge in [-0.15, -0.1) is 0 Å². The number of H-pyrrole nitrogens is 1. The van der Waals surface area contributed by atoms with Crippen LogP contribution < -0.4 is 15.4 Å². The molecule has 0 atom stereocenters. The molecule has 3 aromatic rings. The van der Waals surface area contributed by atoms with Gasteiger partial charge in [-0.2, -0.15) is 0 Å². The normalized spacial score (nSPS) is 11.4. The standard InChI is InChI=1S/C17H18F2N6O3S/c1-3-6-29(27,28)25-11-5-4-10(18)14(12(11)19)24-17(26)9-7-21-15-13(9)22-8-23-16(15)20-2/h4-5,7-8,21,25H,3,6H2,1-2H3,(H,24,26)(H,20,22,23). The van der Waals surface area contributed by atoms with Gasteiger partial charge in [-0.1, -0.05) is 6.92 Å². The van der Waals surface area contributed by atoms with Crippen LogP contribution in [0, 0.1) is 11.6 Å². The van der Waals surface area contributed by atoms with Crippen LogP contribution in [0.5, 0.6) is 0 Å². The third-order valence-electron chi connectivity index (χ3n) is 4.01. The summed E-state index contributed by atoms with van der Waals surface area (Å²) in [6.45, 7) is 1.65. The van der Waals surface area contributed by atoms with Crippen LogP contribution in [-0.2, 0) is 10.0 Å². The van der Waals surface area contributed by atoms with Gasteiger partial charge in [-0.3, -0.25) is 9.52 Å². The zero-order chi connectivity index (χ0) is 21.2. The fourth-order valence-electron chi connectivity index (χ4n) is 2.72. The highest BCUT2D eigenvalue weighted by molar-refractivity contribution is 7.92. The van der Waals surface area contributed by atoms with E-state index in [0.717, 1.165) is 12.1 Å². The molecule has 3 rings (SSSR count). The predicted molar refractivity (Wildman–Crippen MR) is 105 cm³/mol. The Kier molecular flexibility index (Phi) is 5.64. The molecule has 0 saturated carbocycles. The number of nitrogens with zero attached hydrogens (tertiary/aromatic N) is 2. The number of amides is 1. The molecule has 12 heteroatoms. The van der Waals surface area contributed by atoms with Gasteiger partial charge in [0.05, 0.1) is 17.0 Å². The van der Waals surface area contributed by atoms with Crippen molar-refractivity contribution in [1.82, 2.24) is 15.0 Å². The van der Waals surface area contributed by atoms with Crippen molar-refractivity contribution in [3.8, 4) is 0 Å². The summed E-state index contributed by atoms with van der Waals surface area (Å²) in [4.78, 5) is 23.5. The Balaban J connectivity index is 1.94. The Bertz CT molecular complexity index is 1180. The topological polar surface area (TPSA) is 129 Å². The second-order valence-corrected chi connectivity index (χ2v) is 7.90. The van der Waals surface area contributed by atoms with Crippen molar-refractivity contribution in [1.29, 1.82) is 0 Å². The Morgan fingerprint density at radius 3 is 2.69 bits per heavy atom. The maximum Gasteiger partial charge on any atom is 0.259 e. The number of hydrogen-bond donors (Lipinski definition) is 4. The van der Waals surface area contributed by atoms with Gasteiger partial charge in [0.1, 0.15) is 28.9 Å². The van der Waals surface area contributed by atoms with Crippen LogP contribution >= 0.6 is 0 Å². The van der Waals surface area contributed by atoms with E-state index in [-0.39, 0.29) is 16.8 Å². The number of nitrogens with one attached hydrogen (secondary N) is 4. The molecule has 2 aromatic heterocycles. The van der Waals surface area contributed by atoms with E-state index in [0.29, 0.717) is 17.8 Å². The van der Waals surface area contributed by atoms with E-state index < -0.39 is 38.9 Å². The van der Waals surface area contributed by atoms with Crippen molar-refractivity contribution in [2.45, 2.75) is 13.3 Å². The summed E-state index contributed by atoms with van der Waals surface area (Å²) in [5, 5.41) is 4.97. The monoisotopic (exact) mass is 424 g/mol. The number of halogens is 2. The highest BCUT2D eigenvalue weighted by Gasteiger charge is 2.22. The van der Waals surface area contributed by atoms with Crippen molar-refractivity contribution in [2.24, 2.45) is 0 Å². The molecule has 0 aliphatic rings. The van der Waals surface area contributed by atoms with Crippen LogP contribution in [-0.4, -0.2) is 42.1 Å². The molecule has 1 amide bonds. The van der Waals surface area contributed by atoms with Gasteiger partial charge in [0.25, 0.3) is 5.91 Å². The molecule has 0 bridgehead atoms. The minimum absolute atomic E-state index is 0.0367. The van der Waals surface area contributed by atoms with Gasteiger partial charge in [0.15, 0.2) is 11.6 Å². The summed E-state index contributed by atoms with van der Waals surface area (Å²) in [6.07, 6.45) is 2.89. The number of carbonyl (C=O) groups excluding carboxylic acids is 1. The summed E-state index contributed by atoms with van der Waals surface area (Å²) < 4.78 is 54.7. The fourth-order valence-corrected chi connectivity index (χ4v) is 3.85. The summed E-state index contributed by atoms with van der Waals surface area (Å²) in [5.41, 5.74) is -0.503. The Labute approximate surface area is 165 Å². The number of aromatic nitrogens is 3. The molecule has 0 aliphatic heterocycles. The Morgan fingerprint density at radius 1 is 1.24 bits per heavy atom. The van der Waals surface area contributed by atoms with Gasteiger partial charge in [0.2, 0.25) is 10.0 Å². The van der Waals surface area contributed by atoms with Gasteiger partial charge in [-0.25, -0.2) is 27.2 Å². The van der Waals surface area contributed by atoms with E-state index in [4.69, 9.17) is 0 Å². The van der Waals surface area contributed by atoms with Crippen LogP contribution in [0.15, 0.2) is 24.7 Å². The zero-order valence-corrected chi connectivity index (χ0v) is 16.3. The third kappa shape index (κ3) is 4.11. The lowest BCUT2D eigenvalue weighted by molar-refractivity contribution is 0.102. The van der Waals surface area contributed by atoms with Crippen LogP contribution in [0.4, 0.5) is 26.0 Å². The molecule has 0 aliphatic carbocycles. The zero-order valence-electron chi connectivity index (χ0n) is 15.5. The minimum Gasteiger partial charge on any atom is -0.371 e. The molecule has 0 fully saturated rings. The van der Waals surface area contributed by atoms with Gasteiger partial charge in [-0.05, 0) is 18.6 Å². The van der Waals surface area contributed by atoms with Crippen molar-refractivity contribution >= 4 is 44.2 Å². The summed E-state index contributed by atoms with van der Waals surface area (Å²) >= 11 is 0. The molecule has 1 aromatic carbocycles. The molecule has 29 heavy (non-hydrogen) atoms. The van der Waals surface area contributed by atoms with Crippen LogP contribution in [0.25, 0.3) is 11.0 Å². The molecule has 0 spiro atoms. The van der Waals surface area contributed by atoms with E-state index in [2.05, 4.69) is 30.3 Å². The highest BCUT2D eigenvalue weighted by Crippen LogP contribution is 2.28. The smallest absolute Gasteiger partial charge is 0.259 e. The van der Waals surface area contributed by atoms with Crippen molar-refractivity contribution < 1.29 is 22.0 Å². The number of sulfonamides is 1. The second-order valence-electron chi connectivity index (χ2n) is 6.06. The van der Waals surface area contributed by atoms with E-state index >= 15 is 0 Å². The fraction of sp³-hybridized carbons (Fsp3) is 0.235. The van der Waals surface area contributed by atoms with Crippen LogP contribution in [0.2, 0.25) is 0 Å². The van der Waals surface area contributed by atoms with E-state index in [1.54, 1.807) is 14.0 Å². The summed E-state index contributed by atoms with van der Waals surface area (Å²) in [6, 6.07) is 1.81. The number of benzene rings is 1. The first-order chi connectivity index (χ1) is 13.8. The number of aromatic amines is 1. The second kappa shape index (κ2) is 7.99. The number of carbonyl (C=O) groups is 1. The first-order valence-electron chi connectivity index (χ1n) is 8.57. The number of rotatable bonds is 7.